The van der Waals surface area contributed by atoms with Gasteiger partial charge in [0.05, 0.1) is 17.3 Å². The van der Waals surface area contributed by atoms with Gasteiger partial charge < -0.3 is 15.0 Å². The van der Waals surface area contributed by atoms with Gasteiger partial charge in [-0.15, -0.1) is 0 Å². The summed E-state index contributed by atoms with van der Waals surface area (Å²) in [5.74, 6) is 0. The van der Waals surface area contributed by atoms with Crippen molar-refractivity contribution in [2.45, 2.75) is 45.0 Å². The van der Waals surface area contributed by atoms with Gasteiger partial charge in [0.15, 0.2) is 0 Å². The summed E-state index contributed by atoms with van der Waals surface area (Å²) in [4.78, 5) is 22.4. The lowest BCUT2D eigenvalue weighted by Crippen LogP contribution is -2.52. The molecule has 1 aromatic carbocycles. The minimum atomic E-state index is -1.11. The molecule has 0 radical (unpaired) electrons. The second kappa shape index (κ2) is 7.35. The number of carbonyl (C=O) groups excluding carboxylic acids is 1. The Morgan fingerprint density at radius 3 is 2.67 bits per heavy atom. The molecule has 142 valence electrons. The number of alkyl carbamates (subject to hydrolysis) is 1. The molecule has 0 aliphatic carbocycles. The van der Waals surface area contributed by atoms with Gasteiger partial charge in [-0.05, 0) is 32.9 Å². The van der Waals surface area contributed by atoms with Crippen molar-refractivity contribution in [3.63, 3.8) is 0 Å². The Morgan fingerprint density at radius 1 is 1.30 bits per heavy atom. The smallest absolute Gasteiger partial charge is 0.407 e. The fraction of sp³-hybridized carbons (Fsp3) is 0.474. The number of amides is 1. The van der Waals surface area contributed by atoms with Crippen LogP contribution in [0.25, 0.3) is 11.0 Å². The van der Waals surface area contributed by atoms with Crippen molar-refractivity contribution in [3.05, 3.63) is 30.1 Å². The number of fused-ring (bicyclic) bond motifs is 1. The minimum Gasteiger partial charge on any atom is -0.444 e. The molecular weight excluding hydrogens is 349 g/mol. The molecule has 1 N–H and O–H groups in total. The first-order valence-corrected chi connectivity index (χ1v) is 8.79. The van der Waals surface area contributed by atoms with E-state index in [0.717, 1.165) is 0 Å². The molecule has 2 atom stereocenters. The van der Waals surface area contributed by atoms with Crippen LogP contribution in [0.2, 0.25) is 0 Å². The summed E-state index contributed by atoms with van der Waals surface area (Å²) < 4.78 is 19.6. The standard InChI is InChI=1S/C19H22FN5O2/c1-19(2,3)27-18(26)24-14-8-13(20)10-25(11-14)15-5-4-12(9-21)16-17(15)23-7-6-22-16/h4-7,13-14H,8,10-11H2,1-3H3,(H,24,26)/t13-,14+/m1/s1. The molecular formula is C19H22FN5O2. The van der Waals surface area contributed by atoms with Crippen LogP contribution in [0.3, 0.4) is 0 Å². The molecule has 2 heterocycles. The number of carbonyl (C=O) groups is 1. The molecule has 1 fully saturated rings. The average molecular weight is 371 g/mol. The van der Waals surface area contributed by atoms with Crippen molar-refractivity contribution in [1.82, 2.24) is 15.3 Å². The second-order valence-electron chi connectivity index (χ2n) is 7.58. The molecule has 0 saturated carbocycles. The zero-order chi connectivity index (χ0) is 19.6. The van der Waals surface area contributed by atoms with Crippen molar-refractivity contribution in [2.24, 2.45) is 0 Å². The number of anilines is 1. The third-order valence-corrected chi connectivity index (χ3v) is 4.19. The second-order valence-corrected chi connectivity index (χ2v) is 7.58. The number of nitrogens with zero attached hydrogens (tertiary/aromatic N) is 4. The van der Waals surface area contributed by atoms with Gasteiger partial charge in [0, 0.05) is 31.9 Å². The maximum absolute atomic E-state index is 14.4. The summed E-state index contributed by atoms with van der Waals surface area (Å²) in [6.07, 6.45) is 1.61. The van der Waals surface area contributed by atoms with Crippen molar-refractivity contribution >= 4 is 22.8 Å². The lowest BCUT2D eigenvalue weighted by atomic mass is 10.0. The number of benzene rings is 1. The lowest BCUT2D eigenvalue weighted by Gasteiger charge is -2.37. The maximum Gasteiger partial charge on any atom is 0.407 e. The number of nitrogens with one attached hydrogen (secondary N) is 1. The molecule has 3 rings (SSSR count). The molecule has 27 heavy (non-hydrogen) atoms. The Balaban J connectivity index is 1.84. The van der Waals surface area contributed by atoms with E-state index in [1.807, 2.05) is 4.90 Å². The number of rotatable bonds is 2. The first-order chi connectivity index (χ1) is 12.8. The number of nitriles is 1. The van der Waals surface area contributed by atoms with Gasteiger partial charge in [-0.2, -0.15) is 5.26 Å². The number of alkyl halides is 1. The molecule has 0 spiro atoms. The highest BCUT2D eigenvalue weighted by atomic mass is 19.1. The van der Waals surface area contributed by atoms with Crippen LogP contribution in [0.15, 0.2) is 24.5 Å². The highest BCUT2D eigenvalue weighted by molar-refractivity contribution is 5.92. The van der Waals surface area contributed by atoms with Crippen LogP contribution in [0, 0.1) is 11.3 Å². The molecule has 1 amide bonds. The van der Waals surface area contributed by atoms with E-state index in [1.165, 1.54) is 6.20 Å². The highest BCUT2D eigenvalue weighted by Crippen LogP contribution is 2.29. The third kappa shape index (κ3) is 4.42. The number of hydrogen-bond acceptors (Lipinski definition) is 6. The Bertz CT molecular complexity index is 890. The molecule has 0 unspecified atom stereocenters. The Labute approximate surface area is 157 Å². The number of piperidine rings is 1. The first-order valence-electron chi connectivity index (χ1n) is 8.79. The van der Waals surface area contributed by atoms with E-state index in [-0.39, 0.29) is 13.0 Å². The molecule has 1 aromatic heterocycles. The average Bonchev–Trinajstić information content (AvgIpc) is 2.58. The zero-order valence-corrected chi connectivity index (χ0v) is 15.6. The van der Waals surface area contributed by atoms with Crippen LogP contribution in [0.1, 0.15) is 32.8 Å². The topological polar surface area (TPSA) is 91.1 Å². The van der Waals surface area contributed by atoms with Gasteiger partial charge in [0.25, 0.3) is 0 Å². The van der Waals surface area contributed by atoms with Crippen molar-refractivity contribution in [1.29, 1.82) is 5.26 Å². The maximum atomic E-state index is 14.4. The molecule has 1 aliphatic rings. The highest BCUT2D eigenvalue weighted by Gasteiger charge is 2.31. The Kier molecular flexibility index (Phi) is 5.13. The van der Waals surface area contributed by atoms with Crippen LogP contribution in [0.4, 0.5) is 14.9 Å². The Morgan fingerprint density at radius 2 is 2.00 bits per heavy atom. The summed E-state index contributed by atoms with van der Waals surface area (Å²) in [6, 6.07) is 5.10. The monoisotopic (exact) mass is 371 g/mol. The van der Waals surface area contributed by atoms with E-state index in [9.17, 15) is 14.4 Å². The molecule has 1 saturated heterocycles. The van der Waals surface area contributed by atoms with Crippen molar-refractivity contribution in [2.75, 3.05) is 18.0 Å². The predicted molar refractivity (Wildman–Crippen MR) is 99.1 cm³/mol. The zero-order valence-electron chi connectivity index (χ0n) is 15.6. The lowest BCUT2D eigenvalue weighted by molar-refractivity contribution is 0.0491. The number of halogens is 1. The van der Waals surface area contributed by atoms with E-state index in [0.29, 0.717) is 28.8 Å². The largest absolute Gasteiger partial charge is 0.444 e. The molecule has 1 aliphatic heterocycles. The fourth-order valence-electron chi connectivity index (χ4n) is 3.20. The fourth-order valence-corrected chi connectivity index (χ4v) is 3.20. The van der Waals surface area contributed by atoms with Crippen molar-refractivity contribution < 1.29 is 13.9 Å². The molecule has 2 aromatic rings. The predicted octanol–water partition coefficient (Wildman–Crippen LogP) is 2.94. The van der Waals surface area contributed by atoms with Gasteiger partial charge >= 0.3 is 6.09 Å². The SMILES string of the molecule is CC(C)(C)OC(=O)N[C@H]1C[C@@H](F)CN(c2ccc(C#N)c3nccnc23)C1. The summed E-state index contributed by atoms with van der Waals surface area (Å²) in [7, 11) is 0. The molecule has 8 heteroatoms. The van der Waals surface area contributed by atoms with Crippen LogP contribution in [0.5, 0.6) is 0 Å². The van der Waals surface area contributed by atoms with E-state index in [2.05, 4.69) is 21.4 Å². The third-order valence-electron chi connectivity index (χ3n) is 4.19. The number of ether oxygens (including phenoxy) is 1. The minimum absolute atomic E-state index is 0.185. The summed E-state index contributed by atoms with van der Waals surface area (Å²) in [5, 5.41) is 12.0. The number of hydrogen-bond donors (Lipinski definition) is 1. The van der Waals surface area contributed by atoms with Crippen LogP contribution < -0.4 is 10.2 Å². The van der Waals surface area contributed by atoms with Gasteiger partial charge in [0.1, 0.15) is 28.9 Å². The summed E-state index contributed by atoms with van der Waals surface area (Å²) in [5.41, 5.74) is 1.51. The molecule has 7 nitrogen and oxygen atoms in total. The van der Waals surface area contributed by atoms with Crippen LogP contribution in [-0.2, 0) is 4.74 Å². The van der Waals surface area contributed by atoms with Crippen molar-refractivity contribution in [3.8, 4) is 6.07 Å². The van der Waals surface area contributed by atoms with Crippen LogP contribution >= 0.6 is 0 Å². The normalized spacial score (nSPS) is 20.2. The molecule has 0 bridgehead atoms. The first kappa shape index (κ1) is 18.8. The van der Waals surface area contributed by atoms with Crippen LogP contribution in [-0.4, -0.2) is 47.0 Å². The van der Waals surface area contributed by atoms with E-state index >= 15 is 0 Å². The van der Waals surface area contributed by atoms with Gasteiger partial charge in [0.2, 0.25) is 0 Å². The van der Waals surface area contributed by atoms with E-state index < -0.39 is 23.9 Å². The van der Waals surface area contributed by atoms with Gasteiger partial charge in [-0.1, -0.05) is 0 Å². The van der Waals surface area contributed by atoms with Gasteiger partial charge in [-0.25, -0.2) is 9.18 Å². The van der Waals surface area contributed by atoms with E-state index in [4.69, 9.17) is 4.74 Å². The summed E-state index contributed by atoms with van der Waals surface area (Å²) in [6.45, 7) is 5.93. The van der Waals surface area contributed by atoms with Gasteiger partial charge in [-0.3, -0.25) is 9.97 Å². The van der Waals surface area contributed by atoms with E-state index in [1.54, 1.807) is 39.1 Å². The Hall–Kier alpha value is -2.95. The summed E-state index contributed by atoms with van der Waals surface area (Å²) >= 11 is 0. The quantitative estimate of drug-likeness (QED) is 0.873. The number of aromatic nitrogens is 2.